The Balaban J connectivity index is 1.47. The Hall–Kier alpha value is -3.65. The summed E-state index contributed by atoms with van der Waals surface area (Å²) in [7, 11) is 1.65. The third-order valence-corrected chi connectivity index (χ3v) is 6.13. The number of nitrogens with zero attached hydrogens (tertiary/aromatic N) is 4. The first-order valence-electron chi connectivity index (χ1n) is 10.8. The molecule has 1 atom stereocenters. The van der Waals surface area contributed by atoms with Crippen molar-refractivity contribution in [3.8, 4) is 11.4 Å². The first kappa shape index (κ1) is 21.2. The summed E-state index contributed by atoms with van der Waals surface area (Å²) in [4.78, 5) is 12.1. The highest BCUT2D eigenvalue weighted by atomic mass is 19.1. The lowest BCUT2D eigenvalue weighted by Gasteiger charge is -2.38. The number of aryl methyl sites for hydroxylation is 1. The molecule has 0 radical (unpaired) electrons. The molecule has 3 aromatic rings. The molecule has 170 valence electrons. The summed E-state index contributed by atoms with van der Waals surface area (Å²) in [5.41, 5.74) is 3.32. The van der Waals surface area contributed by atoms with Crippen LogP contribution in [0.3, 0.4) is 0 Å². The topological polar surface area (TPSA) is 72.1 Å². The van der Waals surface area contributed by atoms with Gasteiger partial charge in [0.05, 0.1) is 24.8 Å². The third kappa shape index (κ3) is 3.66. The van der Waals surface area contributed by atoms with Gasteiger partial charge in [-0.3, -0.25) is 0 Å². The lowest BCUT2D eigenvalue weighted by Crippen LogP contribution is -2.51. The second-order valence-electron chi connectivity index (χ2n) is 8.23. The fraction of sp³-hybridized carbons (Fsp3) is 0.280. The summed E-state index contributed by atoms with van der Waals surface area (Å²) in [6.07, 6.45) is 7.48. The quantitative estimate of drug-likeness (QED) is 0.639. The van der Waals surface area contributed by atoms with Gasteiger partial charge in [0, 0.05) is 18.3 Å². The van der Waals surface area contributed by atoms with Crippen LogP contribution in [0.25, 0.3) is 11.8 Å². The number of imidazole rings is 1. The summed E-state index contributed by atoms with van der Waals surface area (Å²) in [6, 6.07) is 12.0. The molecule has 1 aromatic heterocycles. The van der Waals surface area contributed by atoms with Crippen LogP contribution in [0.4, 0.5) is 4.39 Å². The normalized spacial score (nSPS) is 21.0. The molecule has 0 spiro atoms. The van der Waals surface area contributed by atoms with Crippen LogP contribution in [-0.2, 0) is 10.6 Å². The number of aliphatic hydroxyl groups excluding tert-OH is 1. The highest BCUT2D eigenvalue weighted by molar-refractivity contribution is 6.03. The molecule has 0 unspecified atom stereocenters. The Kier molecular flexibility index (Phi) is 5.38. The van der Waals surface area contributed by atoms with Crippen molar-refractivity contribution in [1.82, 2.24) is 14.5 Å². The van der Waals surface area contributed by atoms with Gasteiger partial charge in [0.1, 0.15) is 18.2 Å². The van der Waals surface area contributed by atoms with Gasteiger partial charge in [-0.2, -0.15) is 0 Å². The van der Waals surface area contributed by atoms with E-state index in [0.29, 0.717) is 17.9 Å². The predicted octanol–water partition coefficient (Wildman–Crippen LogP) is 4.00. The Morgan fingerprint density at radius 1 is 1.24 bits per heavy atom. The molecule has 0 amide bonds. The van der Waals surface area contributed by atoms with E-state index in [1.807, 2.05) is 40.8 Å². The maximum atomic E-state index is 13.5. The van der Waals surface area contributed by atoms with Gasteiger partial charge in [-0.05, 0) is 73.4 Å². The van der Waals surface area contributed by atoms with Crippen LogP contribution in [0.2, 0.25) is 0 Å². The number of methoxy groups -OCH3 is 1. The lowest BCUT2D eigenvalue weighted by atomic mass is 9.95. The number of ether oxygens (including phenoxy) is 1. The lowest BCUT2D eigenvalue weighted by molar-refractivity contribution is -0.137. The summed E-state index contributed by atoms with van der Waals surface area (Å²) in [6.45, 7) is 2.32. The second kappa shape index (κ2) is 8.37. The summed E-state index contributed by atoms with van der Waals surface area (Å²) in [5, 5.41) is 14.6. The van der Waals surface area contributed by atoms with Crippen LogP contribution in [-0.4, -0.2) is 45.7 Å². The molecule has 7 nitrogen and oxygen atoms in total. The van der Waals surface area contributed by atoms with Crippen LogP contribution < -0.4 is 4.74 Å². The zero-order valence-electron chi connectivity index (χ0n) is 18.5. The molecule has 5 rings (SSSR count). The number of halogens is 1. The first-order chi connectivity index (χ1) is 16.0. The average molecular weight is 448 g/mol. The standard InChI is InChI=1S/C25H25FN4O3/c1-17-14-29(16-27-17)22-10-5-18(13-23(22)32-2)12-19-4-3-11-30-24(19)28-33-25(30,15-31)20-6-8-21(26)9-7-20/h5-10,12-14,16,31H,3-4,11,15H2,1-2H3/b19-12+/t25-/m1/s1. The van der Waals surface area contributed by atoms with Crippen LogP contribution in [0.5, 0.6) is 5.75 Å². The van der Waals surface area contributed by atoms with Crippen molar-refractivity contribution in [1.29, 1.82) is 0 Å². The molecule has 3 heterocycles. The number of aliphatic hydroxyl groups is 1. The Bertz CT molecular complexity index is 1230. The Labute approximate surface area is 191 Å². The maximum Gasteiger partial charge on any atom is 0.260 e. The molecule has 0 saturated carbocycles. The fourth-order valence-electron chi connectivity index (χ4n) is 4.46. The number of benzene rings is 2. The zero-order valence-corrected chi connectivity index (χ0v) is 18.5. The van der Waals surface area contributed by atoms with Crippen molar-refractivity contribution in [2.24, 2.45) is 5.16 Å². The van der Waals surface area contributed by atoms with Crippen molar-refractivity contribution in [3.63, 3.8) is 0 Å². The van der Waals surface area contributed by atoms with Crippen LogP contribution in [0.15, 0.2) is 65.7 Å². The number of amidine groups is 1. The van der Waals surface area contributed by atoms with Gasteiger partial charge in [-0.25, -0.2) is 9.37 Å². The summed E-state index contributed by atoms with van der Waals surface area (Å²) < 4.78 is 21.0. The number of oxime groups is 1. The highest BCUT2D eigenvalue weighted by Crippen LogP contribution is 2.40. The molecule has 8 heteroatoms. The average Bonchev–Trinajstić information content (AvgIpc) is 3.44. The van der Waals surface area contributed by atoms with Crippen molar-refractivity contribution in [3.05, 3.63) is 83.2 Å². The molecule has 1 saturated heterocycles. The van der Waals surface area contributed by atoms with Crippen molar-refractivity contribution in [2.75, 3.05) is 20.3 Å². The minimum absolute atomic E-state index is 0.300. The van der Waals surface area contributed by atoms with Crippen molar-refractivity contribution >= 4 is 11.9 Å². The van der Waals surface area contributed by atoms with E-state index < -0.39 is 5.72 Å². The smallest absolute Gasteiger partial charge is 0.260 e. The number of aromatic nitrogens is 2. The van der Waals surface area contributed by atoms with Crippen LogP contribution in [0.1, 0.15) is 29.7 Å². The molecule has 0 bridgehead atoms. The SMILES string of the molecule is COc1cc(/C=C2\CCCN3C2=NO[C@]3(CO)c2ccc(F)cc2)ccc1-n1cnc(C)c1. The van der Waals surface area contributed by atoms with E-state index in [-0.39, 0.29) is 12.4 Å². The molecule has 2 aliphatic rings. The van der Waals surface area contributed by atoms with E-state index >= 15 is 0 Å². The Morgan fingerprint density at radius 3 is 2.76 bits per heavy atom. The van der Waals surface area contributed by atoms with Crippen LogP contribution in [0, 0.1) is 12.7 Å². The molecular formula is C25H25FN4O3. The van der Waals surface area contributed by atoms with E-state index in [4.69, 9.17) is 9.57 Å². The number of fused-ring (bicyclic) bond motifs is 1. The van der Waals surface area contributed by atoms with E-state index in [0.717, 1.165) is 41.1 Å². The van der Waals surface area contributed by atoms with Crippen molar-refractivity contribution in [2.45, 2.75) is 25.5 Å². The Morgan fingerprint density at radius 2 is 2.06 bits per heavy atom. The van der Waals surface area contributed by atoms with E-state index in [1.54, 1.807) is 25.6 Å². The molecule has 1 N–H and O–H groups in total. The van der Waals surface area contributed by atoms with Crippen molar-refractivity contribution < 1.29 is 19.1 Å². The predicted molar refractivity (Wildman–Crippen MR) is 122 cm³/mol. The largest absolute Gasteiger partial charge is 0.495 e. The van der Waals surface area contributed by atoms with E-state index in [9.17, 15) is 9.50 Å². The molecule has 1 fully saturated rings. The first-order valence-corrected chi connectivity index (χ1v) is 10.8. The van der Waals surface area contributed by atoms with Gasteiger partial charge in [0.15, 0.2) is 5.84 Å². The van der Waals surface area contributed by atoms with Gasteiger partial charge in [0.25, 0.3) is 5.72 Å². The number of piperidine rings is 1. The van der Waals surface area contributed by atoms with Crippen LogP contribution >= 0.6 is 0 Å². The second-order valence-corrected chi connectivity index (χ2v) is 8.23. The minimum atomic E-state index is -1.15. The summed E-state index contributed by atoms with van der Waals surface area (Å²) in [5.74, 6) is 1.08. The summed E-state index contributed by atoms with van der Waals surface area (Å²) >= 11 is 0. The van der Waals surface area contributed by atoms with Gasteiger partial charge in [-0.1, -0.05) is 11.2 Å². The number of hydrogen-bond acceptors (Lipinski definition) is 6. The van der Waals surface area contributed by atoms with E-state index in [2.05, 4.69) is 16.2 Å². The van der Waals surface area contributed by atoms with Gasteiger partial charge in [0.2, 0.25) is 0 Å². The maximum absolute atomic E-state index is 13.5. The third-order valence-electron chi connectivity index (χ3n) is 6.13. The molecule has 2 aromatic carbocycles. The highest BCUT2D eigenvalue weighted by Gasteiger charge is 2.49. The number of hydrogen-bond donors (Lipinski definition) is 1. The fourth-order valence-corrected chi connectivity index (χ4v) is 4.46. The number of rotatable bonds is 5. The molecule has 33 heavy (non-hydrogen) atoms. The molecule has 2 aliphatic heterocycles. The monoisotopic (exact) mass is 448 g/mol. The van der Waals surface area contributed by atoms with Gasteiger partial charge in [-0.15, -0.1) is 0 Å². The van der Waals surface area contributed by atoms with Gasteiger partial charge < -0.3 is 24.1 Å². The minimum Gasteiger partial charge on any atom is -0.495 e. The van der Waals surface area contributed by atoms with Gasteiger partial charge >= 0.3 is 0 Å². The molecule has 0 aliphatic carbocycles. The zero-order chi connectivity index (χ0) is 23.0. The molecular weight excluding hydrogens is 423 g/mol. The van der Waals surface area contributed by atoms with E-state index in [1.165, 1.54) is 12.1 Å².